The second-order valence-electron chi connectivity index (χ2n) is 4.59. The molecule has 1 aromatic heterocycles. The van der Waals surface area contributed by atoms with Gasteiger partial charge in [0.05, 0.1) is 11.8 Å². The summed E-state index contributed by atoms with van der Waals surface area (Å²) in [6.45, 7) is 0. The first-order valence-electron chi connectivity index (χ1n) is 5.92. The van der Waals surface area contributed by atoms with Gasteiger partial charge in [-0.1, -0.05) is 0 Å². The first kappa shape index (κ1) is 12.1. The lowest BCUT2D eigenvalue weighted by Gasteiger charge is -2.26. The molecule has 5 heteroatoms. The first-order valence-corrected chi connectivity index (χ1v) is 5.92. The SMILES string of the molecule is COC1CCC(c2cc(C(=O)O)n(C)n2)CC1. The number of rotatable bonds is 3. The van der Waals surface area contributed by atoms with E-state index < -0.39 is 5.97 Å². The minimum Gasteiger partial charge on any atom is -0.477 e. The fraction of sp³-hybridized carbons (Fsp3) is 0.667. The van der Waals surface area contributed by atoms with Crippen LogP contribution >= 0.6 is 0 Å². The Morgan fingerprint density at radius 2 is 2.12 bits per heavy atom. The van der Waals surface area contributed by atoms with Crippen LogP contribution < -0.4 is 0 Å². The van der Waals surface area contributed by atoms with Crippen molar-refractivity contribution in [1.82, 2.24) is 9.78 Å². The Morgan fingerprint density at radius 3 is 2.59 bits per heavy atom. The number of nitrogens with zero attached hydrogens (tertiary/aromatic N) is 2. The number of aryl methyl sites for hydroxylation is 1. The van der Waals surface area contributed by atoms with E-state index in [4.69, 9.17) is 9.84 Å². The summed E-state index contributed by atoms with van der Waals surface area (Å²) < 4.78 is 6.77. The van der Waals surface area contributed by atoms with Crippen LogP contribution in [0.4, 0.5) is 0 Å². The number of carboxylic acid groups (broad SMARTS) is 1. The molecule has 0 aliphatic heterocycles. The van der Waals surface area contributed by atoms with Crippen LogP contribution in [0.25, 0.3) is 0 Å². The summed E-state index contributed by atoms with van der Waals surface area (Å²) in [5.74, 6) is -0.544. The van der Waals surface area contributed by atoms with Crippen LogP contribution in [0, 0.1) is 0 Å². The second kappa shape index (κ2) is 4.87. The average molecular weight is 238 g/mol. The summed E-state index contributed by atoms with van der Waals surface area (Å²) in [6.07, 6.45) is 4.46. The third-order valence-electron chi connectivity index (χ3n) is 3.54. The predicted molar refractivity (Wildman–Crippen MR) is 62.2 cm³/mol. The number of aromatic carboxylic acids is 1. The summed E-state index contributed by atoms with van der Waals surface area (Å²) in [4.78, 5) is 10.9. The minimum atomic E-state index is -0.920. The standard InChI is InChI=1S/C12H18N2O3/c1-14-11(12(15)16)7-10(13-14)8-3-5-9(17-2)6-4-8/h7-9H,3-6H2,1-2H3,(H,15,16). The van der Waals surface area contributed by atoms with Gasteiger partial charge in [-0.2, -0.15) is 5.10 Å². The zero-order valence-electron chi connectivity index (χ0n) is 10.2. The lowest BCUT2D eigenvalue weighted by Crippen LogP contribution is -2.19. The molecule has 17 heavy (non-hydrogen) atoms. The van der Waals surface area contributed by atoms with Crippen LogP contribution in [-0.4, -0.2) is 34.1 Å². The lowest BCUT2D eigenvalue weighted by molar-refractivity contribution is 0.0654. The van der Waals surface area contributed by atoms with E-state index >= 15 is 0 Å². The monoisotopic (exact) mass is 238 g/mol. The molecule has 0 radical (unpaired) electrons. The molecule has 94 valence electrons. The van der Waals surface area contributed by atoms with Gasteiger partial charge in [-0.05, 0) is 31.7 Å². The number of ether oxygens (including phenoxy) is 1. The van der Waals surface area contributed by atoms with Gasteiger partial charge in [0.25, 0.3) is 0 Å². The van der Waals surface area contributed by atoms with E-state index in [1.54, 1.807) is 20.2 Å². The highest BCUT2D eigenvalue weighted by molar-refractivity contribution is 5.85. The number of carboxylic acids is 1. The predicted octanol–water partition coefficient (Wildman–Crippen LogP) is 1.79. The maximum absolute atomic E-state index is 10.9. The van der Waals surface area contributed by atoms with E-state index in [1.807, 2.05) is 0 Å². The Balaban J connectivity index is 2.08. The molecule has 1 saturated carbocycles. The molecule has 1 heterocycles. The molecule has 0 aromatic carbocycles. The smallest absolute Gasteiger partial charge is 0.354 e. The molecule has 0 atom stereocenters. The highest BCUT2D eigenvalue weighted by Gasteiger charge is 2.25. The van der Waals surface area contributed by atoms with Gasteiger partial charge in [-0.15, -0.1) is 0 Å². The van der Waals surface area contributed by atoms with Crippen molar-refractivity contribution in [3.05, 3.63) is 17.5 Å². The normalized spacial score (nSPS) is 24.8. The number of methoxy groups -OCH3 is 1. The van der Waals surface area contributed by atoms with Crippen molar-refractivity contribution in [2.45, 2.75) is 37.7 Å². The first-order chi connectivity index (χ1) is 8.11. The molecular weight excluding hydrogens is 220 g/mol. The van der Waals surface area contributed by atoms with Crippen molar-refractivity contribution in [2.24, 2.45) is 7.05 Å². The van der Waals surface area contributed by atoms with E-state index in [1.165, 1.54) is 4.68 Å². The van der Waals surface area contributed by atoms with E-state index in [-0.39, 0.29) is 5.69 Å². The van der Waals surface area contributed by atoms with Crippen molar-refractivity contribution in [1.29, 1.82) is 0 Å². The van der Waals surface area contributed by atoms with Gasteiger partial charge >= 0.3 is 5.97 Å². The quantitative estimate of drug-likeness (QED) is 0.872. The molecule has 0 saturated heterocycles. The highest BCUT2D eigenvalue weighted by Crippen LogP contribution is 2.33. The number of hydrogen-bond acceptors (Lipinski definition) is 3. The van der Waals surface area contributed by atoms with Crippen LogP contribution in [-0.2, 0) is 11.8 Å². The summed E-state index contributed by atoms with van der Waals surface area (Å²) in [6, 6.07) is 1.69. The van der Waals surface area contributed by atoms with Crippen LogP contribution in [0.1, 0.15) is 47.8 Å². The van der Waals surface area contributed by atoms with Crippen LogP contribution in [0.3, 0.4) is 0 Å². The number of hydrogen-bond donors (Lipinski definition) is 1. The summed E-state index contributed by atoms with van der Waals surface area (Å²) in [5.41, 5.74) is 1.16. The Bertz CT molecular complexity index is 406. The Kier molecular flexibility index (Phi) is 3.47. The van der Waals surface area contributed by atoms with Gasteiger partial charge in [0.2, 0.25) is 0 Å². The van der Waals surface area contributed by atoms with Crippen molar-refractivity contribution in [2.75, 3.05) is 7.11 Å². The molecule has 0 unspecified atom stereocenters. The number of aromatic nitrogens is 2. The molecule has 1 N–H and O–H groups in total. The van der Waals surface area contributed by atoms with Crippen molar-refractivity contribution < 1.29 is 14.6 Å². The maximum atomic E-state index is 10.9. The second-order valence-corrected chi connectivity index (χ2v) is 4.59. The average Bonchev–Trinajstić information content (AvgIpc) is 2.71. The van der Waals surface area contributed by atoms with Crippen LogP contribution in [0.2, 0.25) is 0 Å². The molecule has 1 aliphatic rings. The Hall–Kier alpha value is -1.36. The van der Waals surface area contributed by atoms with E-state index in [0.717, 1.165) is 31.4 Å². The van der Waals surface area contributed by atoms with Crippen LogP contribution in [0.15, 0.2) is 6.07 Å². The summed E-state index contributed by atoms with van der Waals surface area (Å²) in [5, 5.41) is 13.3. The molecule has 1 aliphatic carbocycles. The summed E-state index contributed by atoms with van der Waals surface area (Å²) >= 11 is 0. The van der Waals surface area contributed by atoms with Crippen molar-refractivity contribution in [3.63, 3.8) is 0 Å². The lowest BCUT2D eigenvalue weighted by atomic mass is 9.85. The molecule has 2 rings (SSSR count). The Morgan fingerprint density at radius 1 is 1.47 bits per heavy atom. The van der Waals surface area contributed by atoms with E-state index in [0.29, 0.717) is 12.0 Å². The third-order valence-corrected chi connectivity index (χ3v) is 3.54. The van der Waals surface area contributed by atoms with Gasteiger partial charge in [-0.3, -0.25) is 4.68 Å². The molecule has 5 nitrogen and oxygen atoms in total. The van der Waals surface area contributed by atoms with Gasteiger partial charge in [-0.25, -0.2) is 4.79 Å². The largest absolute Gasteiger partial charge is 0.477 e. The molecule has 1 fully saturated rings. The fourth-order valence-electron chi connectivity index (χ4n) is 2.48. The maximum Gasteiger partial charge on any atom is 0.354 e. The van der Waals surface area contributed by atoms with Gasteiger partial charge in [0, 0.05) is 20.1 Å². The number of carbonyl (C=O) groups is 1. The van der Waals surface area contributed by atoms with E-state index in [2.05, 4.69) is 5.10 Å². The Labute approximate surface area is 100 Å². The molecular formula is C12H18N2O3. The van der Waals surface area contributed by atoms with Crippen molar-refractivity contribution >= 4 is 5.97 Å². The molecule has 0 bridgehead atoms. The van der Waals surface area contributed by atoms with Gasteiger partial charge < -0.3 is 9.84 Å². The zero-order chi connectivity index (χ0) is 12.4. The van der Waals surface area contributed by atoms with Crippen LogP contribution in [0.5, 0.6) is 0 Å². The highest BCUT2D eigenvalue weighted by atomic mass is 16.5. The van der Waals surface area contributed by atoms with E-state index in [9.17, 15) is 4.79 Å². The zero-order valence-corrected chi connectivity index (χ0v) is 10.2. The third kappa shape index (κ3) is 2.49. The topological polar surface area (TPSA) is 64.3 Å². The van der Waals surface area contributed by atoms with Crippen molar-refractivity contribution in [3.8, 4) is 0 Å². The molecule has 0 spiro atoms. The fourth-order valence-corrected chi connectivity index (χ4v) is 2.48. The van der Waals surface area contributed by atoms with Gasteiger partial charge in [0.1, 0.15) is 5.69 Å². The van der Waals surface area contributed by atoms with Gasteiger partial charge in [0.15, 0.2) is 0 Å². The summed E-state index contributed by atoms with van der Waals surface area (Å²) in [7, 11) is 3.42. The minimum absolute atomic E-state index is 0.258. The molecule has 1 aromatic rings. The molecule has 0 amide bonds.